The molecule has 0 spiro atoms. The normalized spacial score (nSPS) is 15.5. The molecule has 354 valence electrons. The van der Waals surface area contributed by atoms with Gasteiger partial charge in [0.1, 0.15) is 12.4 Å². The lowest BCUT2D eigenvalue weighted by molar-refractivity contribution is -0.118. The highest BCUT2D eigenvalue weighted by Gasteiger charge is 2.35. The van der Waals surface area contributed by atoms with Crippen LogP contribution < -0.4 is 10.1 Å². The number of carboxylic acids is 1. The Morgan fingerprint density at radius 3 is 1.49 bits per heavy atom. The van der Waals surface area contributed by atoms with Crippen molar-refractivity contribution in [2.45, 2.75) is 170 Å². The van der Waals surface area contributed by atoms with Crippen LogP contribution in [-0.4, -0.2) is 56.5 Å². The average molecular weight is 908 g/mol. The zero-order valence-electron chi connectivity index (χ0n) is 41.7. The number of ether oxygens (including phenoxy) is 1. The SMILES string of the molecule is CCC(CC)(c1ccc(CC2SC(=O)NC2=O)c(C)c1)c1ccc(OCC(O)C(C)(C)C)c(C)c1.CCC(CC)(c1ccc(CCC(O)C(C)(C)C)c(C)c1)c1ccc(C(=O)O)c(C)c1. The first-order chi connectivity index (χ1) is 30.4. The number of thioether (sulfide) groups is 1. The van der Waals surface area contributed by atoms with Gasteiger partial charge in [0.05, 0.1) is 23.0 Å². The van der Waals surface area contributed by atoms with Crippen LogP contribution in [0.15, 0.2) is 72.8 Å². The van der Waals surface area contributed by atoms with Crippen LogP contribution >= 0.6 is 11.8 Å². The number of hydrogen-bond donors (Lipinski definition) is 4. The molecule has 1 fully saturated rings. The van der Waals surface area contributed by atoms with E-state index in [0.717, 1.165) is 78.3 Å². The van der Waals surface area contributed by atoms with E-state index in [1.165, 1.54) is 33.4 Å². The Kier molecular flexibility index (Phi) is 17.9. The van der Waals surface area contributed by atoms with Crippen LogP contribution in [0.5, 0.6) is 5.75 Å². The maximum Gasteiger partial charge on any atom is 0.335 e. The summed E-state index contributed by atoms with van der Waals surface area (Å²) in [6.07, 6.45) is 5.07. The van der Waals surface area contributed by atoms with Crippen molar-refractivity contribution in [3.63, 3.8) is 0 Å². The Bertz CT molecular complexity index is 2290. The van der Waals surface area contributed by atoms with Gasteiger partial charge in [-0.1, -0.05) is 142 Å². The van der Waals surface area contributed by atoms with Gasteiger partial charge in [-0.2, -0.15) is 0 Å². The molecule has 5 rings (SSSR count). The molecule has 0 radical (unpaired) electrons. The first kappa shape index (κ1) is 53.2. The molecule has 2 amide bonds. The lowest BCUT2D eigenvalue weighted by atomic mass is 9.69. The van der Waals surface area contributed by atoms with Crippen molar-refractivity contribution >= 4 is 28.9 Å². The molecule has 0 saturated carbocycles. The highest BCUT2D eigenvalue weighted by atomic mass is 32.2. The third-order valence-electron chi connectivity index (χ3n) is 14.2. The molecule has 8 nitrogen and oxygen atoms in total. The van der Waals surface area contributed by atoms with Crippen molar-refractivity contribution < 1.29 is 34.4 Å². The average Bonchev–Trinajstić information content (AvgIpc) is 3.56. The fraction of sp³-hybridized carbons (Fsp3) is 0.518. The summed E-state index contributed by atoms with van der Waals surface area (Å²) in [5.74, 6) is -0.283. The van der Waals surface area contributed by atoms with Gasteiger partial charge < -0.3 is 20.1 Å². The van der Waals surface area contributed by atoms with Crippen LogP contribution in [0.3, 0.4) is 0 Å². The van der Waals surface area contributed by atoms with E-state index < -0.39 is 12.1 Å². The van der Waals surface area contributed by atoms with Gasteiger partial charge >= 0.3 is 5.97 Å². The van der Waals surface area contributed by atoms with Crippen molar-refractivity contribution in [3.05, 3.63) is 134 Å². The Morgan fingerprint density at radius 2 is 1.09 bits per heavy atom. The predicted molar refractivity (Wildman–Crippen MR) is 268 cm³/mol. The molecule has 9 heteroatoms. The second-order valence-electron chi connectivity index (χ2n) is 20.4. The summed E-state index contributed by atoms with van der Waals surface area (Å²) < 4.78 is 5.97. The zero-order chi connectivity index (χ0) is 48.7. The second kappa shape index (κ2) is 21.9. The zero-order valence-corrected chi connectivity index (χ0v) is 42.5. The topological polar surface area (TPSA) is 133 Å². The van der Waals surface area contributed by atoms with Crippen LogP contribution in [0, 0.1) is 38.5 Å². The summed E-state index contributed by atoms with van der Waals surface area (Å²) in [6.45, 7) is 29.5. The van der Waals surface area contributed by atoms with E-state index in [4.69, 9.17) is 4.74 Å². The van der Waals surface area contributed by atoms with E-state index in [0.29, 0.717) is 12.0 Å². The molecule has 4 N–H and O–H groups in total. The number of aliphatic hydroxyl groups is 2. The largest absolute Gasteiger partial charge is 0.491 e. The van der Waals surface area contributed by atoms with Gasteiger partial charge in [-0.3, -0.25) is 14.9 Å². The fourth-order valence-electron chi connectivity index (χ4n) is 9.14. The van der Waals surface area contributed by atoms with Crippen LogP contribution in [0.25, 0.3) is 0 Å². The minimum Gasteiger partial charge on any atom is -0.491 e. The molecule has 3 unspecified atom stereocenters. The van der Waals surface area contributed by atoms with Crippen molar-refractivity contribution in [1.82, 2.24) is 5.32 Å². The summed E-state index contributed by atoms with van der Waals surface area (Å²) in [7, 11) is 0. The smallest absolute Gasteiger partial charge is 0.335 e. The van der Waals surface area contributed by atoms with Crippen molar-refractivity contribution in [2.24, 2.45) is 10.8 Å². The molecule has 3 atom stereocenters. The minimum absolute atomic E-state index is 0.104. The molecule has 0 bridgehead atoms. The number of aliphatic hydroxyl groups excluding tert-OH is 2. The number of benzene rings is 4. The van der Waals surface area contributed by atoms with E-state index in [9.17, 15) is 29.7 Å². The highest BCUT2D eigenvalue weighted by molar-refractivity contribution is 8.15. The molecule has 0 aliphatic carbocycles. The second-order valence-corrected chi connectivity index (χ2v) is 21.6. The first-order valence-electron chi connectivity index (χ1n) is 23.5. The number of aromatic carboxylic acids is 1. The highest BCUT2D eigenvalue weighted by Crippen LogP contribution is 2.43. The number of nitrogens with one attached hydrogen (secondary N) is 1. The molecule has 4 aromatic carbocycles. The molecule has 0 aromatic heterocycles. The van der Waals surface area contributed by atoms with E-state index >= 15 is 0 Å². The van der Waals surface area contributed by atoms with Gasteiger partial charge in [0, 0.05) is 10.8 Å². The minimum atomic E-state index is -0.879. The Balaban J connectivity index is 0.000000288. The molecule has 4 aromatic rings. The number of amides is 2. The Morgan fingerprint density at radius 1 is 0.646 bits per heavy atom. The molecular weight excluding hydrogens is 831 g/mol. The lowest BCUT2D eigenvalue weighted by Crippen LogP contribution is -2.32. The Labute approximate surface area is 394 Å². The van der Waals surface area contributed by atoms with Crippen molar-refractivity contribution in [1.29, 1.82) is 0 Å². The van der Waals surface area contributed by atoms with E-state index in [1.54, 1.807) is 6.07 Å². The van der Waals surface area contributed by atoms with Gasteiger partial charge in [0.15, 0.2) is 0 Å². The quantitative estimate of drug-likeness (QED) is 0.0823. The van der Waals surface area contributed by atoms with E-state index in [1.807, 2.05) is 45.9 Å². The van der Waals surface area contributed by atoms with Crippen molar-refractivity contribution in [2.75, 3.05) is 6.61 Å². The molecule has 1 heterocycles. The van der Waals surface area contributed by atoms with Gasteiger partial charge in [-0.25, -0.2) is 4.79 Å². The van der Waals surface area contributed by atoms with Crippen LogP contribution in [0.2, 0.25) is 0 Å². The summed E-state index contributed by atoms with van der Waals surface area (Å²) in [6, 6.07) is 25.4. The molecular formula is C56H77NO7S. The number of carboxylic acid groups (broad SMARTS) is 1. The summed E-state index contributed by atoms with van der Waals surface area (Å²) in [5, 5.41) is 31.9. The van der Waals surface area contributed by atoms with Gasteiger partial charge in [0.25, 0.3) is 5.24 Å². The van der Waals surface area contributed by atoms with E-state index in [2.05, 4.69) is 123 Å². The van der Waals surface area contributed by atoms with Crippen LogP contribution in [-0.2, 0) is 28.5 Å². The number of carbonyl (C=O) groups excluding carboxylic acids is 2. The molecule has 1 saturated heterocycles. The fourth-order valence-corrected chi connectivity index (χ4v) is 9.99. The number of carbonyl (C=O) groups is 3. The van der Waals surface area contributed by atoms with Crippen molar-refractivity contribution in [3.8, 4) is 5.75 Å². The van der Waals surface area contributed by atoms with Crippen LogP contribution in [0.1, 0.15) is 167 Å². The van der Waals surface area contributed by atoms with Gasteiger partial charge in [-0.15, -0.1) is 0 Å². The number of imide groups is 1. The van der Waals surface area contributed by atoms with Crippen LogP contribution in [0.4, 0.5) is 4.79 Å². The predicted octanol–water partition coefficient (Wildman–Crippen LogP) is 12.5. The summed E-state index contributed by atoms with van der Waals surface area (Å²) in [4.78, 5) is 35.0. The molecule has 1 aliphatic heterocycles. The Hall–Kier alpha value is -4.44. The number of hydrogen-bond acceptors (Lipinski definition) is 7. The number of aryl methyl sites for hydroxylation is 5. The summed E-state index contributed by atoms with van der Waals surface area (Å²) in [5.41, 5.74) is 11.3. The maximum atomic E-state index is 12.0. The number of rotatable bonds is 17. The lowest BCUT2D eigenvalue weighted by Gasteiger charge is -2.34. The summed E-state index contributed by atoms with van der Waals surface area (Å²) >= 11 is 1.08. The standard InChI is InChI=1S/C29H39NO4S.C27H38O3/c1-8-29(9-2,22-12-13-23(19(4)15-22)34-17-25(31)28(5,6)7)21-11-10-20(18(3)14-21)16-24-26(32)30-27(33)35-24;1-8-27(9-2,22-13-14-23(25(29)30)19(4)17-22)21-12-10-20(18(3)16-21)11-15-24(28)26(5,6)7/h10-15,24-25,31H,8-9,16-17H2,1-7H3,(H,30,32,33);10,12-14,16-17,24,28H,8-9,11,15H2,1-7H3,(H,29,30). The monoisotopic (exact) mass is 908 g/mol. The first-order valence-corrected chi connectivity index (χ1v) is 24.4. The molecule has 1 aliphatic rings. The third kappa shape index (κ3) is 12.5. The third-order valence-corrected chi connectivity index (χ3v) is 15.2. The van der Waals surface area contributed by atoms with E-state index in [-0.39, 0.29) is 50.8 Å². The molecule has 65 heavy (non-hydrogen) atoms. The van der Waals surface area contributed by atoms with Gasteiger partial charge in [-0.05, 0) is 151 Å². The maximum absolute atomic E-state index is 12.0. The van der Waals surface area contributed by atoms with Gasteiger partial charge in [0.2, 0.25) is 5.91 Å².